The second-order valence-corrected chi connectivity index (χ2v) is 7.34. The SMILES string of the molecule is CCOc1ccc(N2C(=S)N[C@@H](c3ccccn3)[C@H]2c2cc(C)[nH]c2C)cc1. The Labute approximate surface area is 170 Å². The number of aryl methyl sites for hydroxylation is 2. The quantitative estimate of drug-likeness (QED) is 0.622. The van der Waals surface area contributed by atoms with Crippen LogP contribution in [0, 0.1) is 13.8 Å². The molecule has 6 heteroatoms. The Hall–Kier alpha value is -2.86. The molecule has 2 N–H and O–H groups in total. The standard InChI is InChI=1S/C22H24N4OS/c1-4-27-17-10-8-16(9-11-17)26-21(18-13-14(2)24-15(18)3)20(25-22(26)28)19-7-5-6-12-23-19/h5-13,20-21,24H,4H2,1-3H3,(H,25,28)/t20-,21+/m0/s1. The Balaban J connectivity index is 1.79. The summed E-state index contributed by atoms with van der Waals surface area (Å²) in [6, 6.07) is 16.3. The molecule has 0 saturated carbocycles. The fourth-order valence-corrected chi connectivity index (χ4v) is 4.22. The van der Waals surface area contributed by atoms with E-state index in [4.69, 9.17) is 17.0 Å². The van der Waals surface area contributed by atoms with Crippen molar-refractivity contribution in [2.45, 2.75) is 32.9 Å². The van der Waals surface area contributed by atoms with Gasteiger partial charge in [-0.3, -0.25) is 4.98 Å². The predicted octanol–water partition coefficient (Wildman–Crippen LogP) is 4.60. The summed E-state index contributed by atoms with van der Waals surface area (Å²) >= 11 is 5.76. The molecule has 5 nitrogen and oxygen atoms in total. The van der Waals surface area contributed by atoms with Crippen molar-refractivity contribution in [3.05, 3.63) is 77.4 Å². The first kappa shape index (κ1) is 18.5. The van der Waals surface area contributed by atoms with E-state index in [9.17, 15) is 0 Å². The van der Waals surface area contributed by atoms with Crippen molar-refractivity contribution >= 4 is 23.0 Å². The minimum atomic E-state index is -0.0332. The van der Waals surface area contributed by atoms with E-state index in [1.54, 1.807) is 0 Å². The van der Waals surface area contributed by atoms with E-state index in [1.165, 1.54) is 5.56 Å². The topological polar surface area (TPSA) is 53.2 Å². The van der Waals surface area contributed by atoms with Crippen LogP contribution < -0.4 is 15.0 Å². The summed E-state index contributed by atoms with van der Waals surface area (Å²) in [5, 5.41) is 4.19. The number of nitrogens with zero attached hydrogens (tertiary/aromatic N) is 2. The maximum atomic E-state index is 5.76. The highest BCUT2D eigenvalue weighted by Gasteiger charge is 2.41. The lowest BCUT2D eigenvalue weighted by Gasteiger charge is -2.28. The molecular formula is C22H24N4OS. The fraction of sp³-hybridized carbons (Fsp3) is 0.273. The van der Waals surface area contributed by atoms with Gasteiger partial charge in [0.05, 0.1) is 24.4 Å². The lowest BCUT2D eigenvalue weighted by atomic mass is 9.96. The Morgan fingerprint density at radius 2 is 1.93 bits per heavy atom. The van der Waals surface area contributed by atoms with Gasteiger partial charge in [0.15, 0.2) is 5.11 Å². The molecule has 3 heterocycles. The van der Waals surface area contributed by atoms with E-state index in [0.29, 0.717) is 11.7 Å². The summed E-state index contributed by atoms with van der Waals surface area (Å²) in [7, 11) is 0. The summed E-state index contributed by atoms with van der Waals surface area (Å²) in [5.41, 5.74) is 5.50. The van der Waals surface area contributed by atoms with Gasteiger partial charge in [-0.2, -0.15) is 0 Å². The van der Waals surface area contributed by atoms with E-state index in [2.05, 4.69) is 52.2 Å². The summed E-state index contributed by atoms with van der Waals surface area (Å²) in [6.45, 7) is 6.82. The number of ether oxygens (including phenoxy) is 1. The number of pyridine rings is 1. The van der Waals surface area contributed by atoms with Gasteiger partial charge in [-0.05, 0) is 81.0 Å². The van der Waals surface area contributed by atoms with Gasteiger partial charge < -0.3 is 19.9 Å². The van der Waals surface area contributed by atoms with Crippen molar-refractivity contribution in [1.82, 2.24) is 15.3 Å². The van der Waals surface area contributed by atoms with E-state index in [-0.39, 0.29) is 12.1 Å². The zero-order valence-electron chi connectivity index (χ0n) is 16.3. The van der Waals surface area contributed by atoms with Crippen LogP contribution in [-0.2, 0) is 0 Å². The van der Waals surface area contributed by atoms with Crippen LogP contribution in [0.15, 0.2) is 54.7 Å². The summed E-state index contributed by atoms with van der Waals surface area (Å²) in [5.74, 6) is 0.857. The molecule has 0 amide bonds. The van der Waals surface area contributed by atoms with Crippen LogP contribution in [-0.4, -0.2) is 21.7 Å². The van der Waals surface area contributed by atoms with Gasteiger partial charge in [-0.15, -0.1) is 0 Å². The average Bonchev–Trinajstić information content (AvgIpc) is 3.21. The summed E-state index contributed by atoms with van der Waals surface area (Å²) in [6.07, 6.45) is 1.83. The van der Waals surface area contributed by atoms with Crippen LogP contribution in [0.4, 0.5) is 5.69 Å². The number of benzene rings is 1. The van der Waals surface area contributed by atoms with Gasteiger partial charge >= 0.3 is 0 Å². The van der Waals surface area contributed by atoms with Crippen LogP contribution in [0.2, 0.25) is 0 Å². The van der Waals surface area contributed by atoms with Gasteiger partial charge in [0.25, 0.3) is 0 Å². The largest absolute Gasteiger partial charge is 0.494 e. The van der Waals surface area contributed by atoms with Crippen LogP contribution in [0.3, 0.4) is 0 Å². The lowest BCUT2D eigenvalue weighted by Crippen LogP contribution is -2.29. The van der Waals surface area contributed by atoms with Crippen molar-refractivity contribution in [2.24, 2.45) is 0 Å². The van der Waals surface area contributed by atoms with Crippen molar-refractivity contribution in [1.29, 1.82) is 0 Å². The Bertz CT molecular complexity index is 968. The predicted molar refractivity (Wildman–Crippen MR) is 116 cm³/mol. The molecule has 0 aliphatic carbocycles. The lowest BCUT2D eigenvalue weighted by molar-refractivity contribution is 0.340. The Morgan fingerprint density at radius 3 is 2.54 bits per heavy atom. The van der Waals surface area contributed by atoms with Crippen molar-refractivity contribution in [3.63, 3.8) is 0 Å². The number of aromatic amines is 1. The monoisotopic (exact) mass is 392 g/mol. The van der Waals surface area contributed by atoms with Gasteiger partial charge in [0.2, 0.25) is 0 Å². The number of anilines is 1. The molecule has 2 aromatic heterocycles. The molecule has 4 rings (SSSR count). The normalized spacial score (nSPS) is 19.0. The highest BCUT2D eigenvalue weighted by atomic mass is 32.1. The third-order valence-corrected chi connectivity index (χ3v) is 5.35. The molecule has 0 radical (unpaired) electrons. The number of hydrogen-bond donors (Lipinski definition) is 2. The smallest absolute Gasteiger partial charge is 0.174 e. The molecule has 1 aromatic carbocycles. The van der Waals surface area contributed by atoms with E-state index in [1.807, 2.05) is 43.5 Å². The first-order chi connectivity index (χ1) is 13.6. The Kier molecular flexibility index (Phi) is 5.05. The molecule has 0 unspecified atom stereocenters. The first-order valence-electron chi connectivity index (χ1n) is 9.48. The maximum Gasteiger partial charge on any atom is 0.174 e. The number of rotatable bonds is 5. The molecule has 28 heavy (non-hydrogen) atoms. The van der Waals surface area contributed by atoms with Crippen molar-refractivity contribution < 1.29 is 4.74 Å². The second kappa shape index (κ2) is 7.64. The molecule has 1 aliphatic rings. The molecule has 0 spiro atoms. The van der Waals surface area contributed by atoms with Crippen LogP contribution in [0.25, 0.3) is 0 Å². The van der Waals surface area contributed by atoms with E-state index in [0.717, 1.165) is 28.5 Å². The third kappa shape index (κ3) is 3.36. The molecule has 0 bridgehead atoms. The summed E-state index contributed by atoms with van der Waals surface area (Å²) < 4.78 is 5.59. The average molecular weight is 393 g/mol. The number of aromatic nitrogens is 2. The number of thiocarbonyl (C=S) groups is 1. The minimum Gasteiger partial charge on any atom is -0.494 e. The molecule has 1 fully saturated rings. The molecular weight excluding hydrogens is 368 g/mol. The minimum absolute atomic E-state index is 0.00490. The number of hydrogen-bond acceptors (Lipinski definition) is 3. The highest BCUT2D eigenvalue weighted by molar-refractivity contribution is 7.80. The van der Waals surface area contributed by atoms with Crippen LogP contribution >= 0.6 is 12.2 Å². The molecule has 1 saturated heterocycles. The van der Waals surface area contributed by atoms with E-state index >= 15 is 0 Å². The van der Waals surface area contributed by atoms with E-state index < -0.39 is 0 Å². The van der Waals surface area contributed by atoms with Gasteiger partial charge in [-0.1, -0.05) is 6.07 Å². The van der Waals surface area contributed by atoms with Gasteiger partial charge in [-0.25, -0.2) is 0 Å². The molecule has 2 atom stereocenters. The van der Waals surface area contributed by atoms with Crippen molar-refractivity contribution in [3.8, 4) is 5.75 Å². The molecule has 1 aliphatic heterocycles. The van der Waals surface area contributed by atoms with Gasteiger partial charge in [0.1, 0.15) is 5.75 Å². The highest BCUT2D eigenvalue weighted by Crippen LogP contribution is 2.42. The van der Waals surface area contributed by atoms with Gasteiger partial charge in [0, 0.05) is 23.3 Å². The third-order valence-electron chi connectivity index (χ3n) is 5.03. The maximum absolute atomic E-state index is 5.76. The number of nitrogens with one attached hydrogen (secondary N) is 2. The molecule has 3 aromatic rings. The summed E-state index contributed by atoms with van der Waals surface area (Å²) in [4.78, 5) is 10.2. The zero-order valence-corrected chi connectivity index (χ0v) is 17.1. The fourth-order valence-electron chi connectivity index (χ4n) is 3.87. The van der Waals surface area contributed by atoms with Crippen LogP contribution in [0.1, 0.15) is 41.7 Å². The first-order valence-corrected chi connectivity index (χ1v) is 9.89. The second-order valence-electron chi connectivity index (χ2n) is 6.96. The molecule has 144 valence electrons. The zero-order chi connectivity index (χ0) is 19.7. The van der Waals surface area contributed by atoms with Crippen molar-refractivity contribution in [2.75, 3.05) is 11.5 Å². The van der Waals surface area contributed by atoms with Crippen LogP contribution in [0.5, 0.6) is 5.75 Å². The Morgan fingerprint density at radius 1 is 1.14 bits per heavy atom. The number of H-pyrrole nitrogens is 1.